The minimum atomic E-state index is 0.278. The fourth-order valence-electron chi connectivity index (χ4n) is 3.81. The lowest BCUT2D eigenvalue weighted by atomic mass is 10.0. The Bertz CT molecular complexity index is 1270. The Kier molecular flexibility index (Phi) is 4.82. The van der Waals surface area contributed by atoms with Gasteiger partial charge >= 0.3 is 0 Å². The first-order chi connectivity index (χ1) is 15.0. The van der Waals surface area contributed by atoms with Gasteiger partial charge in [0.15, 0.2) is 5.13 Å². The van der Waals surface area contributed by atoms with Crippen molar-refractivity contribution in [3.05, 3.63) is 47.8 Å². The van der Waals surface area contributed by atoms with Gasteiger partial charge in [-0.05, 0) is 29.7 Å². The minimum absolute atomic E-state index is 0.278. The zero-order valence-corrected chi connectivity index (χ0v) is 18.2. The first-order valence-corrected chi connectivity index (χ1v) is 10.9. The van der Waals surface area contributed by atoms with Crippen LogP contribution in [-0.2, 0) is 6.54 Å². The van der Waals surface area contributed by atoms with Crippen molar-refractivity contribution >= 4 is 38.6 Å². The van der Waals surface area contributed by atoms with E-state index in [0.717, 1.165) is 44.2 Å². The SMILES string of the molecule is CC(C)c1cnc(N)nc1N1CCOc2ccc(-c3cnc4sc(N)nc4c3)cc2C1. The van der Waals surface area contributed by atoms with Crippen molar-refractivity contribution in [2.24, 2.45) is 0 Å². The highest BCUT2D eigenvalue weighted by atomic mass is 32.1. The molecular weight excluding hydrogens is 410 g/mol. The van der Waals surface area contributed by atoms with Crippen LogP contribution in [0.25, 0.3) is 21.5 Å². The second kappa shape index (κ2) is 7.66. The van der Waals surface area contributed by atoms with Crippen LogP contribution in [0.3, 0.4) is 0 Å². The van der Waals surface area contributed by atoms with Crippen molar-refractivity contribution in [1.29, 1.82) is 0 Å². The van der Waals surface area contributed by atoms with Crippen LogP contribution in [0.4, 0.5) is 16.9 Å². The number of fused-ring (bicyclic) bond motifs is 2. The number of ether oxygens (including phenoxy) is 1. The van der Waals surface area contributed by atoms with E-state index in [2.05, 4.69) is 50.8 Å². The van der Waals surface area contributed by atoms with E-state index in [1.165, 1.54) is 11.3 Å². The van der Waals surface area contributed by atoms with Gasteiger partial charge in [-0.15, -0.1) is 0 Å². The van der Waals surface area contributed by atoms with Gasteiger partial charge in [-0.2, -0.15) is 4.98 Å². The van der Waals surface area contributed by atoms with Crippen molar-refractivity contribution in [1.82, 2.24) is 19.9 Å². The van der Waals surface area contributed by atoms with Crippen LogP contribution in [0, 0.1) is 0 Å². The van der Waals surface area contributed by atoms with Gasteiger partial charge in [0.1, 0.15) is 28.5 Å². The van der Waals surface area contributed by atoms with Crippen molar-refractivity contribution in [3.8, 4) is 16.9 Å². The van der Waals surface area contributed by atoms with Crippen molar-refractivity contribution in [2.75, 3.05) is 29.5 Å². The highest BCUT2D eigenvalue weighted by Crippen LogP contribution is 2.34. The molecule has 0 spiro atoms. The molecule has 4 heterocycles. The molecule has 4 N–H and O–H groups in total. The summed E-state index contributed by atoms with van der Waals surface area (Å²) in [5.41, 5.74) is 16.8. The van der Waals surface area contributed by atoms with Crippen molar-refractivity contribution in [3.63, 3.8) is 0 Å². The van der Waals surface area contributed by atoms with E-state index in [0.29, 0.717) is 24.8 Å². The third kappa shape index (κ3) is 3.72. The molecule has 0 radical (unpaired) electrons. The maximum atomic E-state index is 6.04. The van der Waals surface area contributed by atoms with Crippen molar-refractivity contribution < 1.29 is 4.74 Å². The molecule has 8 nitrogen and oxygen atoms in total. The molecule has 9 heteroatoms. The second-order valence-corrected chi connectivity index (χ2v) is 8.86. The van der Waals surface area contributed by atoms with Gasteiger partial charge in [0.05, 0.1) is 6.54 Å². The highest BCUT2D eigenvalue weighted by molar-refractivity contribution is 7.21. The normalized spacial score (nSPS) is 13.8. The monoisotopic (exact) mass is 433 g/mol. The molecule has 0 unspecified atom stereocenters. The van der Waals surface area contributed by atoms with E-state index in [9.17, 15) is 0 Å². The molecule has 5 rings (SSSR count). The summed E-state index contributed by atoms with van der Waals surface area (Å²) in [4.78, 5) is 20.7. The number of benzene rings is 1. The van der Waals surface area contributed by atoms with Crippen molar-refractivity contribution in [2.45, 2.75) is 26.3 Å². The molecule has 1 aliphatic rings. The van der Waals surface area contributed by atoms with Gasteiger partial charge in [0, 0.05) is 35.6 Å². The Morgan fingerprint density at radius 1 is 1.06 bits per heavy atom. The van der Waals surface area contributed by atoms with Crippen LogP contribution < -0.4 is 21.1 Å². The minimum Gasteiger partial charge on any atom is -0.491 e. The average molecular weight is 434 g/mol. The number of aromatic nitrogens is 4. The summed E-state index contributed by atoms with van der Waals surface area (Å²) in [6, 6.07) is 8.24. The summed E-state index contributed by atoms with van der Waals surface area (Å²) in [6.45, 7) is 6.21. The number of thiazole rings is 1. The van der Waals surface area contributed by atoms with Gasteiger partial charge in [0.2, 0.25) is 5.95 Å². The molecule has 1 aliphatic heterocycles. The molecule has 1 aromatic carbocycles. The standard InChI is InChI=1S/C22H23N7OS/c1-12(2)16-10-26-21(23)28-19(16)29-5-6-30-18-4-3-13(7-15(18)11-29)14-8-17-20(25-9-14)31-22(24)27-17/h3-4,7-10,12H,5-6,11H2,1-2H3,(H2,24,27)(H2,23,26,28). The number of rotatable bonds is 3. The number of nitrogens with two attached hydrogens (primary N) is 2. The fourth-order valence-corrected chi connectivity index (χ4v) is 4.46. The third-order valence-electron chi connectivity index (χ3n) is 5.37. The summed E-state index contributed by atoms with van der Waals surface area (Å²) in [5.74, 6) is 2.31. The van der Waals surface area contributed by atoms with Crippen LogP contribution in [0.2, 0.25) is 0 Å². The molecule has 0 bridgehead atoms. The molecule has 158 valence electrons. The number of hydrogen-bond acceptors (Lipinski definition) is 9. The molecule has 3 aromatic heterocycles. The Morgan fingerprint density at radius 3 is 2.77 bits per heavy atom. The van der Waals surface area contributed by atoms with Gasteiger partial charge in [-0.3, -0.25) is 0 Å². The Labute approximate surface area is 183 Å². The van der Waals surface area contributed by atoms with Crippen LogP contribution >= 0.6 is 11.3 Å². The molecule has 0 saturated heterocycles. The smallest absolute Gasteiger partial charge is 0.221 e. The molecule has 0 fully saturated rings. The van der Waals surface area contributed by atoms with E-state index >= 15 is 0 Å². The predicted octanol–water partition coefficient (Wildman–Crippen LogP) is 3.84. The molecule has 0 amide bonds. The number of nitrogen functional groups attached to an aromatic ring is 2. The van der Waals surface area contributed by atoms with Gasteiger partial charge in [0.25, 0.3) is 0 Å². The predicted molar refractivity (Wildman–Crippen MR) is 124 cm³/mol. The van der Waals surface area contributed by atoms with E-state index < -0.39 is 0 Å². The van der Waals surface area contributed by atoms with Crippen LogP contribution in [0.1, 0.15) is 30.9 Å². The first kappa shape index (κ1) is 19.5. The summed E-state index contributed by atoms with van der Waals surface area (Å²) < 4.78 is 6.04. The molecule has 0 saturated carbocycles. The van der Waals surface area contributed by atoms with Crippen LogP contribution in [-0.4, -0.2) is 33.1 Å². The fraction of sp³-hybridized carbons (Fsp3) is 0.273. The van der Waals surface area contributed by atoms with E-state index in [1.807, 2.05) is 24.5 Å². The Hall–Kier alpha value is -3.46. The number of nitrogens with zero attached hydrogens (tertiary/aromatic N) is 5. The largest absolute Gasteiger partial charge is 0.491 e. The van der Waals surface area contributed by atoms with E-state index in [1.54, 1.807) is 0 Å². The molecule has 31 heavy (non-hydrogen) atoms. The maximum Gasteiger partial charge on any atom is 0.221 e. The van der Waals surface area contributed by atoms with Gasteiger partial charge in [-0.25, -0.2) is 15.0 Å². The van der Waals surface area contributed by atoms with Gasteiger partial charge < -0.3 is 21.1 Å². The van der Waals surface area contributed by atoms with Gasteiger partial charge in [-0.1, -0.05) is 31.3 Å². The molecule has 4 aromatic rings. The number of anilines is 3. The topological polar surface area (TPSA) is 116 Å². The summed E-state index contributed by atoms with van der Waals surface area (Å²) in [7, 11) is 0. The summed E-state index contributed by atoms with van der Waals surface area (Å²) >= 11 is 1.39. The second-order valence-electron chi connectivity index (χ2n) is 7.85. The molecule has 0 aliphatic carbocycles. The third-order valence-corrected chi connectivity index (χ3v) is 6.18. The van der Waals surface area contributed by atoms with Crippen LogP contribution in [0.15, 0.2) is 36.7 Å². The lowest BCUT2D eigenvalue weighted by Crippen LogP contribution is -2.28. The Balaban J connectivity index is 1.52. The summed E-state index contributed by atoms with van der Waals surface area (Å²) in [6.07, 6.45) is 3.69. The zero-order chi connectivity index (χ0) is 21.5. The quantitative estimate of drug-likeness (QED) is 0.501. The highest BCUT2D eigenvalue weighted by Gasteiger charge is 2.21. The Morgan fingerprint density at radius 2 is 1.94 bits per heavy atom. The number of pyridine rings is 1. The average Bonchev–Trinajstić information content (AvgIpc) is 2.99. The molecular formula is C22H23N7OS. The molecule has 0 atom stereocenters. The van der Waals surface area contributed by atoms with Crippen LogP contribution in [0.5, 0.6) is 5.75 Å². The zero-order valence-electron chi connectivity index (χ0n) is 17.4. The lowest BCUT2D eigenvalue weighted by Gasteiger charge is -2.25. The number of hydrogen-bond donors (Lipinski definition) is 2. The van der Waals surface area contributed by atoms with E-state index in [4.69, 9.17) is 16.2 Å². The lowest BCUT2D eigenvalue weighted by molar-refractivity contribution is 0.331. The van der Waals surface area contributed by atoms with E-state index in [-0.39, 0.29) is 11.9 Å². The summed E-state index contributed by atoms with van der Waals surface area (Å²) in [5, 5.41) is 0.524. The maximum absolute atomic E-state index is 6.04. The first-order valence-electron chi connectivity index (χ1n) is 10.1.